The first kappa shape index (κ1) is 14.7. The van der Waals surface area contributed by atoms with Crippen molar-refractivity contribution in [3.8, 4) is 0 Å². The van der Waals surface area contributed by atoms with Gasteiger partial charge in [-0.2, -0.15) is 0 Å². The van der Waals surface area contributed by atoms with Crippen LogP contribution in [-0.2, 0) is 12.8 Å². The lowest BCUT2D eigenvalue weighted by atomic mass is 10.0. The second kappa shape index (κ2) is 8.67. The van der Waals surface area contributed by atoms with Gasteiger partial charge in [0.05, 0.1) is 0 Å². The summed E-state index contributed by atoms with van der Waals surface area (Å²) in [6, 6.07) is 4.93. The van der Waals surface area contributed by atoms with Crippen LogP contribution in [-0.4, -0.2) is 6.04 Å². The summed E-state index contributed by atoms with van der Waals surface area (Å²) in [6.45, 7) is 4.45. The summed E-state index contributed by atoms with van der Waals surface area (Å²) in [5, 5.41) is 0. The Labute approximate surface area is 110 Å². The molecule has 98 valence electrons. The summed E-state index contributed by atoms with van der Waals surface area (Å²) in [7, 11) is 0. The van der Waals surface area contributed by atoms with Crippen LogP contribution in [0.4, 0.5) is 0 Å². The van der Waals surface area contributed by atoms with Crippen molar-refractivity contribution in [3.63, 3.8) is 0 Å². The predicted octanol–water partition coefficient (Wildman–Crippen LogP) is 3.66. The summed E-state index contributed by atoms with van der Waals surface area (Å²) < 4.78 is 0. The lowest BCUT2D eigenvalue weighted by molar-refractivity contribution is 0.465. The molecule has 0 aliphatic carbocycles. The molecule has 0 radical (unpaired) electrons. The molecule has 0 saturated heterocycles. The van der Waals surface area contributed by atoms with E-state index in [1.807, 2.05) is 11.3 Å². The van der Waals surface area contributed by atoms with Gasteiger partial charge in [0.2, 0.25) is 0 Å². The number of hydrogen-bond donors (Lipinski definition) is 2. The third-order valence-electron chi connectivity index (χ3n) is 3.16. The van der Waals surface area contributed by atoms with Gasteiger partial charge in [-0.25, -0.2) is 0 Å². The van der Waals surface area contributed by atoms with E-state index in [0.717, 1.165) is 12.8 Å². The monoisotopic (exact) mass is 254 g/mol. The summed E-state index contributed by atoms with van der Waals surface area (Å²) >= 11 is 1.92. The topological polar surface area (TPSA) is 38.0 Å². The third-order valence-corrected chi connectivity index (χ3v) is 4.41. The molecule has 1 aromatic heterocycles. The largest absolute Gasteiger partial charge is 0.271 e. The normalized spacial score (nSPS) is 12.9. The van der Waals surface area contributed by atoms with Gasteiger partial charge in [0.15, 0.2) is 0 Å². The van der Waals surface area contributed by atoms with E-state index in [-0.39, 0.29) is 0 Å². The van der Waals surface area contributed by atoms with E-state index in [2.05, 4.69) is 31.4 Å². The van der Waals surface area contributed by atoms with Gasteiger partial charge in [-0.15, -0.1) is 11.3 Å². The second-order valence-corrected chi connectivity index (χ2v) is 5.89. The van der Waals surface area contributed by atoms with E-state index in [0.29, 0.717) is 6.04 Å². The molecule has 0 fully saturated rings. The first-order valence-electron chi connectivity index (χ1n) is 6.83. The Morgan fingerprint density at radius 3 is 2.53 bits per heavy atom. The average molecular weight is 254 g/mol. The maximum Gasteiger partial charge on any atom is 0.0258 e. The number of hydrogen-bond acceptors (Lipinski definition) is 3. The Hall–Kier alpha value is -0.380. The van der Waals surface area contributed by atoms with Crippen molar-refractivity contribution >= 4 is 11.3 Å². The molecule has 2 nitrogen and oxygen atoms in total. The fraction of sp³-hybridized carbons (Fsp3) is 0.714. The highest BCUT2D eigenvalue weighted by Crippen LogP contribution is 2.19. The molecule has 0 amide bonds. The van der Waals surface area contributed by atoms with Crippen molar-refractivity contribution in [1.29, 1.82) is 0 Å². The molecule has 1 heterocycles. The Bertz CT molecular complexity index is 296. The molecule has 0 saturated carbocycles. The molecule has 3 N–H and O–H groups in total. The van der Waals surface area contributed by atoms with Gasteiger partial charge >= 0.3 is 0 Å². The first-order chi connectivity index (χ1) is 8.30. The fourth-order valence-corrected chi connectivity index (χ4v) is 3.06. The lowest BCUT2D eigenvalue weighted by Gasteiger charge is -2.14. The molecular formula is C14H26N2S. The number of thiophene rings is 1. The molecule has 1 atom stereocenters. The second-order valence-electron chi connectivity index (χ2n) is 4.64. The summed E-state index contributed by atoms with van der Waals surface area (Å²) in [5.74, 6) is 5.63. The SMILES string of the molecule is CCCCCCC(Cc1ccc(CC)s1)NN. The summed E-state index contributed by atoms with van der Waals surface area (Å²) in [4.78, 5) is 2.93. The van der Waals surface area contributed by atoms with Gasteiger partial charge in [-0.05, 0) is 31.4 Å². The highest BCUT2D eigenvalue weighted by atomic mass is 32.1. The van der Waals surface area contributed by atoms with Crippen LogP contribution in [0.1, 0.15) is 55.7 Å². The van der Waals surface area contributed by atoms with E-state index in [1.54, 1.807) is 0 Å². The number of hydrazine groups is 1. The minimum absolute atomic E-state index is 0.440. The van der Waals surface area contributed by atoms with Crippen molar-refractivity contribution in [3.05, 3.63) is 21.9 Å². The van der Waals surface area contributed by atoms with Crippen molar-refractivity contribution < 1.29 is 0 Å². The fourth-order valence-electron chi connectivity index (χ4n) is 2.03. The van der Waals surface area contributed by atoms with E-state index >= 15 is 0 Å². The number of unbranched alkanes of at least 4 members (excludes halogenated alkanes) is 3. The van der Waals surface area contributed by atoms with Crippen LogP contribution in [0.5, 0.6) is 0 Å². The van der Waals surface area contributed by atoms with Crippen LogP contribution in [0.2, 0.25) is 0 Å². The molecule has 1 unspecified atom stereocenters. The Morgan fingerprint density at radius 1 is 1.18 bits per heavy atom. The van der Waals surface area contributed by atoms with Crippen LogP contribution in [0.3, 0.4) is 0 Å². The molecule has 3 heteroatoms. The molecule has 0 aromatic carbocycles. The van der Waals surface area contributed by atoms with E-state index < -0.39 is 0 Å². The summed E-state index contributed by atoms with van der Waals surface area (Å²) in [5.41, 5.74) is 2.96. The van der Waals surface area contributed by atoms with Crippen LogP contribution >= 0.6 is 11.3 Å². The smallest absolute Gasteiger partial charge is 0.0258 e. The maximum atomic E-state index is 5.63. The number of rotatable bonds is 9. The van der Waals surface area contributed by atoms with E-state index in [4.69, 9.17) is 5.84 Å². The molecule has 1 aromatic rings. The molecule has 17 heavy (non-hydrogen) atoms. The van der Waals surface area contributed by atoms with E-state index in [9.17, 15) is 0 Å². The zero-order valence-corrected chi connectivity index (χ0v) is 12.0. The molecule has 0 bridgehead atoms. The van der Waals surface area contributed by atoms with Crippen LogP contribution < -0.4 is 11.3 Å². The van der Waals surface area contributed by atoms with Crippen LogP contribution in [0.15, 0.2) is 12.1 Å². The Balaban J connectivity index is 2.30. The summed E-state index contributed by atoms with van der Waals surface area (Å²) in [6.07, 6.45) is 8.67. The van der Waals surface area contributed by atoms with Gasteiger partial charge in [0, 0.05) is 15.8 Å². The Kier molecular flexibility index (Phi) is 7.49. The molecule has 0 aliphatic rings. The average Bonchev–Trinajstić information content (AvgIpc) is 2.80. The quantitative estimate of drug-likeness (QED) is 0.401. The third kappa shape index (κ3) is 5.66. The molecule has 1 rings (SSSR count). The lowest BCUT2D eigenvalue weighted by Crippen LogP contribution is -2.36. The minimum atomic E-state index is 0.440. The standard InChI is InChI=1S/C14H26N2S/c1-3-5-6-7-8-12(16-15)11-14-10-9-13(4-2)17-14/h9-10,12,16H,3-8,11,15H2,1-2H3. The number of aryl methyl sites for hydroxylation is 1. The highest BCUT2D eigenvalue weighted by molar-refractivity contribution is 7.11. The van der Waals surface area contributed by atoms with Crippen molar-refractivity contribution in [2.45, 2.75) is 64.8 Å². The molecular weight excluding hydrogens is 228 g/mol. The van der Waals surface area contributed by atoms with Crippen LogP contribution in [0.25, 0.3) is 0 Å². The van der Waals surface area contributed by atoms with Gasteiger partial charge < -0.3 is 0 Å². The molecule has 0 spiro atoms. The zero-order valence-electron chi connectivity index (χ0n) is 11.2. The van der Waals surface area contributed by atoms with Gasteiger partial charge in [-0.3, -0.25) is 11.3 Å². The van der Waals surface area contributed by atoms with Gasteiger partial charge in [0.1, 0.15) is 0 Å². The van der Waals surface area contributed by atoms with Crippen molar-refractivity contribution in [1.82, 2.24) is 5.43 Å². The van der Waals surface area contributed by atoms with Crippen LogP contribution in [0, 0.1) is 0 Å². The van der Waals surface area contributed by atoms with Crippen molar-refractivity contribution in [2.24, 2.45) is 5.84 Å². The highest BCUT2D eigenvalue weighted by Gasteiger charge is 2.09. The first-order valence-corrected chi connectivity index (χ1v) is 7.65. The van der Waals surface area contributed by atoms with E-state index in [1.165, 1.54) is 41.9 Å². The number of nitrogens with two attached hydrogens (primary N) is 1. The molecule has 0 aliphatic heterocycles. The van der Waals surface area contributed by atoms with Gasteiger partial charge in [-0.1, -0.05) is 39.5 Å². The predicted molar refractivity (Wildman–Crippen MR) is 77.3 cm³/mol. The zero-order chi connectivity index (χ0) is 12.5. The van der Waals surface area contributed by atoms with Gasteiger partial charge in [0.25, 0.3) is 0 Å². The number of nitrogens with one attached hydrogen (secondary N) is 1. The maximum absolute atomic E-state index is 5.63. The Morgan fingerprint density at radius 2 is 1.94 bits per heavy atom. The van der Waals surface area contributed by atoms with Crippen molar-refractivity contribution in [2.75, 3.05) is 0 Å². The minimum Gasteiger partial charge on any atom is -0.271 e.